The maximum Gasteiger partial charge on any atom is 0.238 e. The molecule has 18 heavy (non-hydrogen) atoms. The molecule has 0 bridgehead atoms. The Morgan fingerprint density at radius 2 is 1.83 bits per heavy atom. The summed E-state index contributed by atoms with van der Waals surface area (Å²) in [5.74, 6) is -0.188. The first-order valence-electron chi connectivity index (χ1n) is 5.47. The van der Waals surface area contributed by atoms with Crippen LogP contribution >= 0.6 is 0 Å². The Balaban J connectivity index is 3.12. The van der Waals surface area contributed by atoms with Crippen LogP contribution in [0.15, 0.2) is 23.1 Å². The van der Waals surface area contributed by atoms with E-state index < -0.39 is 15.4 Å². The van der Waals surface area contributed by atoms with Crippen molar-refractivity contribution in [1.29, 1.82) is 0 Å². The number of nitrogens with one attached hydrogen (secondary N) is 1. The average Bonchev–Trinajstić information content (AvgIpc) is 2.17. The van der Waals surface area contributed by atoms with Gasteiger partial charge in [0.2, 0.25) is 15.9 Å². The number of aryl methyl sites for hydroxylation is 1. The lowest BCUT2D eigenvalue weighted by Gasteiger charge is -2.18. The highest BCUT2D eigenvalue weighted by molar-refractivity contribution is 7.89. The van der Waals surface area contributed by atoms with Crippen molar-refractivity contribution < 1.29 is 13.2 Å². The first kappa shape index (κ1) is 14.7. The fourth-order valence-electron chi connectivity index (χ4n) is 1.30. The molecule has 3 N–H and O–H groups in total. The van der Waals surface area contributed by atoms with Crippen molar-refractivity contribution in [2.75, 3.05) is 5.32 Å². The number of rotatable bonds is 2. The van der Waals surface area contributed by atoms with E-state index in [1.807, 2.05) is 0 Å². The summed E-state index contributed by atoms with van der Waals surface area (Å²) in [6.07, 6.45) is 0. The molecule has 0 aromatic heterocycles. The van der Waals surface area contributed by atoms with Crippen molar-refractivity contribution in [2.24, 2.45) is 10.6 Å². The summed E-state index contributed by atoms with van der Waals surface area (Å²) in [5.41, 5.74) is 0.419. The van der Waals surface area contributed by atoms with Crippen LogP contribution < -0.4 is 10.5 Å². The zero-order chi connectivity index (χ0) is 14.1. The van der Waals surface area contributed by atoms with Gasteiger partial charge in [0.25, 0.3) is 0 Å². The average molecular weight is 270 g/mol. The Kier molecular flexibility index (Phi) is 3.83. The van der Waals surface area contributed by atoms with Crippen LogP contribution in [0.1, 0.15) is 26.3 Å². The predicted molar refractivity (Wildman–Crippen MR) is 70.6 cm³/mol. The quantitative estimate of drug-likeness (QED) is 0.855. The van der Waals surface area contributed by atoms with Crippen molar-refractivity contribution in [2.45, 2.75) is 32.6 Å². The van der Waals surface area contributed by atoms with Crippen molar-refractivity contribution in [3.63, 3.8) is 0 Å². The van der Waals surface area contributed by atoms with Gasteiger partial charge < -0.3 is 5.32 Å². The first-order valence-corrected chi connectivity index (χ1v) is 7.01. The standard InChI is InChI=1S/C12H18N2O3S/c1-8-5-6-9(7-10(8)18(13,16)17)14-11(15)12(2,3)4/h5-7H,1-4H3,(H,14,15)(H2,13,16,17). The largest absolute Gasteiger partial charge is 0.326 e. The summed E-state index contributed by atoms with van der Waals surface area (Å²) in [6.45, 7) is 6.97. The summed E-state index contributed by atoms with van der Waals surface area (Å²) in [4.78, 5) is 11.8. The maximum absolute atomic E-state index is 11.8. The number of benzene rings is 1. The Bertz CT molecular complexity index is 571. The third-order valence-electron chi connectivity index (χ3n) is 2.43. The molecule has 1 aromatic carbocycles. The van der Waals surface area contributed by atoms with E-state index in [1.54, 1.807) is 39.8 Å². The van der Waals surface area contributed by atoms with Crippen molar-refractivity contribution in [1.82, 2.24) is 0 Å². The zero-order valence-electron chi connectivity index (χ0n) is 10.9. The fraction of sp³-hybridized carbons (Fsp3) is 0.417. The number of sulfonamides is 1. The van der Waals surface area contributed by atoms with E-state index in [0.717, 1.165) is 0 Å². The van der Waals surface area contributed by atoms with Gasteiger partial charge in [-0.05, 0) is 24.6 Å². The number of carbonyl (C=O) groups is 1. The minimum Gasteiger partial charge on any atom is -0.326 e. The number of anilines is 1. The van der Waals surface area contributed by atoms with Crippen molar-refractivity contribution >= 4 is 21.6 Å². The molecule has 0 saturated heterocycles. The van der Waals surface area contributed by atoms with Crippen molar-refractivity contribution in [3.8, 4) is 0 Å². The van der Waals surface area contributed by atoms with E-state index in [9.17, 15) is 13.2 Å². The molecule has 0 saturated carbocycles. The molecule has 0 heterocycles. The lowest BCUT2D eigenvalue weighted by Crippen LogP contribution is -2.27. The number of hydrogen-bond donors (Lipinski definition) is 2. The number of nitrogens with two attached hydrogens (primary N) is 1. The summed E-state index contributed by atoms with van der Waals surface area (Å²) in [5, 5.41) is 7.77. The number of hydrogen-bond acceptors (Lipinski definition) is 3. The Hall–Kier alpha value is -1.40. The highest BCUT2D eigenvalue weighted by atomic mass is 32.2. The Morgan fingerprint density at radius 3 is 2.28 bits per heavy atom. The molecule has 0 aliphatic carbocycles. The molecule has 0 radical (unpaired) electrons. The van der Waals surface area contributed by atoms with E-state index in [0.29, 0.717) is 11.3 Å². The van der Waals surface area contributed by atoms with Gasteiger partial charge in [-0.15, -0.1) is 0 Å². The minimum absolute atomic E-state index is 0.0224. The molecule has 0 spiro atoms. The highest BCUT2D eigenvalue weighted by Crippen LogP contribution is 2.21. The molecule has 0 aliphatic heterocycles. The van der Waals surface area contributed by atoms with Gasteiger partial charge in [-0.25, -0.2) is 13.6 Å². The molecule has 0 fully saturated rings. The Labute approximate surface area is 107 Å². The highest BCUT2D eigenvalue weighted by Gasteiger charge is 2.22. The maximum atomic E-state index is 11.8. The van der Waals surface area contributed by atoms with Gasteiger partial charge in [-0.2, -0.15) is 0 Å². The topological polar surface area (TPSA) is 89.3 Å². The summed E-state index contributed by atoms with van der Waals surface area (Å²) in [6, 6.07) is 4.62. The third kappa shape index (κ3) is 3.54. The lowest BCUT2D eigenvalue weighted by molar-refractivity contribution is -0.123. The van der Waals surface area contributed by atoms with Gasteiger partial charge in [0.15, 0.2) is 0 Å². The third-order valence-corrected chi connectivity index (χ3v) is 3.49. The van der Waals surface area contributed by atoms with Crippen molar-refractivity contribution in [3.05, 3.63) is 23.8 Å². The van der Waals surface area contributed by atoms with Gasteiger partial charge in [-0.1, -0.05) is 26.8 Å². The van der Waals surface area contributed by atoms with Crippen LogP contribution in [0.4, 0.5) is 5.69 Å². The molecule has 0 aliphatic rings. The first-order chi connectivity index (χ1) is 8.01. The van der Waals surface area contributed by atoms with Gasteiger partial charge >= 0.3 is 0 Å². The van der Waals surface area contributed by atoms with Crippen LogP contribution in [-0.4, -0.2) is 14.3 Å². The molecule has 100 valence electrons. The summed E-state index contributed by atoms with van der Waals surface area (Å²) < 4.78 is 22.7. The second-order valence-corrected chi connectivity index (χ2v) is 6.76. The predicted octanol–water partition coefficient (Wildman–Crippen LogP) is 1.63. The fourth-order valence-corrected chi connectivity index (χ4v) is 2.11. The molecule has 1 amide bonds. The normalized spacial score (nSPS) is 12.3. The second-order valence-electron chi connectivity index (χ2n) is 5.23. The molecular formula is C12H18N2O3S. The number of amides is 1. The monoisotopic (exact) mass is 270 g/mol. The SMILES string of the molecule is Cc1ccc(NC(=O)C(C)(C)C)cc1S(N)(=O)=O. The second kappa shape index (κ2) is 4.70. The van der Waals surface area contributed by atoms with Crippen LogP contribution in [0.2, 0.25) is 0 Å². The number of primary sulfonamides is 1. The van der Waals surface area contributed by atoms with E-state index in [4.69, 9.17) is 5.14 Å². The zero-order valence-corrected chi connectivity index (χ0v) is 11.8. The molecular weight excluding hydrogens is 252 g/mol. The van der Waals surface area contributed by atoms with Crippen LogP contribution in [0.3, 0.4) is 0 Å². The molecule has 1 rings (SSSR count). The van der Waals surface area contributed by atoms with Crippen LogP contribution in [0.25, 0.3) is 0 Å². The van der Waals surface area contributed by atoms with Gasteiger partial charge in [0, 0.05) is 11.1 Å². The van der Waals surface area contributed by atoms with Crippen LogP contribution in [-0.2, 0) is 14.8 Å². The lowest BCUT2D eigenvalue weighted by atomic mass is 9.95. The van der Waals surface area contributed by atoms with Gasteiger partial charge in [-0.3, -0.25) is 4.79 Å². The van der Waals surface area contributed by atoms with Crippen LogP contribution in [0, 0.1) is 12.3 Å². The van der Waals surface area contributed by atoms with Gasteiger partial charge in [0.1, 0.15) is 0 Å². The smallest absolute Gasteiger partial charge is 0.238 e. The Morgan fingerprint density at radius 1 is 1.28 bits per heavy atom. The van der Waals surface area contributed by atoms with Gasteiger partial charge in [0.05, 0.1) is 4.90 Å². The van der Waals surface area contributed by atoms with E-state index in [1.165, 1.54) is 6.07 Å². The van der Waals surface area contributed by atoms with E-state index in [-0.39, 0.29) is 10.8 Å². The summed E-state index contributed by atoms with van der Waals surface area (Å²) in [7, 11) is -3.78. The van der Waals surface area contributed by atoms with Crippen LogP contribution in [0.5, 0.6) is 0 Å². The van der Waals surface area contributed by atoms with E-state index >= 15 is 0 Å². The molecule has 0 atom stereocenters. The molecule has 0 unspecified atom stereocenters. The molecule has 1 aromatic rings. The number of carbonyl (C=O) groups excluding carboxylic acids is 1. The summed E-state index contributed by atoms with van der Waals surface area (Å²) >= 11 is 0. The van der Waals surface area contributed by atoms with E-state index in [2.05, 4.69) is 5.32 Å². The molecule has 5 nitrogen and oxygen atoms in total. The minimum atomic E-state index is -3.78. The molecule has 6 heteroatoms.